The molecule has 2 aliphatic heterocycles. The molecule has 12 nitrogen and oxygen atoms in total. The van der Waals surface area contributed by atoms with E-state index in [1.54, 1.807) is 23.5 Å². The Bertz CT molecular complexity index is 1510. The Kier molecular flexibility index (Phi) is 9.85. The number of rotatable bonds is 11. The van der Waals surface area contributed by atoms with Crippen molar-refractivity contribution in [3.8, 4) is 5.75 Å². The zero-order valence-electron chi connectivity index (χ0n) is 23.8. The van der Waals surface area contributed by atoms with Crippen molar-refractivity contribution >= 4 is 81.1 Å². The number of anilines is 4. The standard InChI is InChI=1S/C29H32N8O4S3/c38-24(30-21-9-12-40-13-10-21)16-41-22-7-5-20(6-8-22)32-27-33-26(31-19-3-1-2-4-19)34-28(35-27)36-37-25(39)23(44-29(37)42)15-18-11-14-43-17-18/h5-8,11,14-15,17,19,21H,1-4,9-10,12-13,16H2,(H,30,38)(H3,31,32,33,34,35,36)/b23-15-. The van der Waals surface area contributed by atoms with Gasteiger partial charge >= 0.3 is 0 Å². The average molecular weight is 653 g/mol. The average Bonchev–Trinajstić information content (AvgIpc) is 3.78. The Morgan fingerprint density at radius 2 is 1.77 bits per heavy atom. The second kappa shape index (κ2) is 14.3. The van der Waals surface area contributed by atoms with Crippen LogP contribution >= 0.6 is 35.3 Å². The van der Waals surface area contributed by atoms with Crippen LogP contribution in [0.25, 0.3) is 6.08 Å². The molecule has 0 bridgehead atoms. The number of thiophene rings is 1. The molecule has 0 radical (unpaired) electrons. The van der Waals surface area contributed by atoms with Gasteiger partial charge in [-0.15, -0.1) is 0 Å². The van der Waals surface area contributed by atoms with E-state index in [1.807, 2.05) is 35.0 Å². The van der Waals surface area contributed by atoms with Crippen molar-refractivity contribution < 1.29 is 19.1 Å². The molecule has 230 valence electrons. The second-order valence-corrected chi connectivity index (χ2v) is 13.0. The van der Waals surface area contributed by atoms with Crippen LogP contribution in [0.5, 0.6) is 5.75 Å². The molecule has 1 saturated carbocycles. The number of nitrogens with zero attached hydrogens (tertiary/aromatic N) is 4. The van der Waals surface area contributed by atoms with Crippen LogP contribution in [0.3, 0.4) is 0 Å². The highest BCUT2D eigenvalue weighted by molar-refractivity contribution is 8.26. The third kappa shape index (κ3) is 8.02. The Labute approximate surface area is 268 Å². The van der Waals surface area contributed by atoms with E-state index in [9.17, 15) is 9.59 Å². The molecule has 44 heavy (non-hydrogen) atoms. The van der Waals surface area contributed by atoms with E-state index < -0.39 is 0 Å². The summed E-state index contributed by atoms with van der Waals surface area (Å²) < 4.78 is 11.4. The lowest BCUT2D eigenvalue weighted by Gasteiger charge is -2.23. The van der Waals surface area contributed by atoms with Crippen LogP contribution in [0, 0.1) is 0 Å². The zero-order valence-corrected chi connectivity index (χ0v) is 26.2. The van der Waals surface area contributed by atoms with Crippen LogP contribution < -0.4 is 26.1 Å². The fourth-order valence-electron chi connectivity index (χ4n) is 5.00. The van der Waals surface area contributed by atoms with Crippen LogP contribution in [-0.2, 0) is 14.3 Å². The van der Waals surface area contributed by atoms with E-state index in [1.165, 1.54) is 16.8 Å². The van der Waals surface area contributed by atoms with E-state index in [0.717, 1.165) is 44.1 Å². The van der Waals surface area contributed by atoms with Gasteiger partial charge in [0.05, 0.1) is 4.91 Å². The molecule has 2 aromatic heterocycles. The Morgan fingerprint density at radius 1 is 1.02 bits per heavy atom. The highest BCUT2D eigenvalue weighted by Crippen LogP contribution is 2.33. The van der Waals surface area contributed by atoms with Gasteiger partial charge in [0.1, 0.15) is 5.75 Å². The van der Waals surface area contributed by atoms with Crippen LogP contribution in [0.15, 0.2) is 46.0 Å². The molecule has 3 fully saturated rings. The number of aromatic nitrogens is 3. The van der Waals surface area contributed by atoms with Gasteiger partial charge in [0.15, 0.2) is 10.9 Å². The van der Waals surface area contributed by atoms with Gasteiger partial charge < -0.3 is 25.4 Å². The van der Waals surface area contributed by atoms with Crippen molar-refractivity contribution in [2.75, 3.05) is 35.9 Å². The minimum atomic E-state index is -0.275. The van der Waals surface area contributed by atoms with Gasteiger partial charge in [-0.2, -0.15) is 31.3 Å². The molecule has 1 aromatic carbocycles. The molecule has 4 heterocycles. The second-order valence-electron chi connectivity index (χ2n) is 10.5. The molecule has 2 saturated heterocycles. The normalized spacial score (nSPS) is 18.5. The highest BCUT2D eigenvalue weighted by atomic mass is 32.2. The maximum atomic E-state index is 13.2. The first-order chi connectivity index (χ1) is 21.5. The number of thiocarbonyl (C=S) groups is 1. The number of nitrogens with one attached hydrogen (secondary N) is 4. The molecule has 15 heteroatoms. The summed E-state index contributed by atoms with van der Waals surface area (Å²) in [5, 5.41) is 14.8. The Hall–Kier alpha value is -3.79. The van der Waals surface area contributed by atoms with E-state index in [4.69, 9.17) is 21.7 Å². The molecule has 3 aromatic rings. The van der Waals surface area contributed by atoms with Crippen LogP contribution in [0.1, 0.15) is 44.1 Å². The van der Waals surface area contributed by atoms with Crippen molar-refractivity contribution in [3.05, 3.63) is 51.6 Å². The number of thioether (sulfide) groups is 1. The third-order valence-electron chi connectivity index (χ3n) is 7.24. The maximum Gasteiger partial charge on any atom is 0.285 e. The third-order valence-corrected chi connectivity index (χ3v) is 9.24. The predicted molar refractivity (Wildman–Crippen MR) is 176 cm³/mol. The molecule has 0 unspecified atom stereocenters. The van der Waals surface area contributed by atoms with Crippen molar-refractivity contribution in [2.45, 2.75) is 50.6 Å². The molecule has 2 amide bonds. The van der Waals surface area contributed by atoms with Gasteiger partial charge in [-0.1, -0.05) is 24.6 Å². The van der Waals surface area contributed by atoms with E-state index >= 15 is 0 Å². The largest absolute Gasteiger partial charge is 0.484 e. The first-order valence-electron chi connectivity index (χ1n) is 14.4. The highest BCUT2D eigenvalue weighted by Gasteiger charge is 2.33. The van der Waals surface area contributed by atoms with Crippen LogP contribution in [0.4, 0.5) is 23.5 Å². The molecular weight excluding hydrogens is 621 g/mol. The summed E-state index contributed by atoms with van der Waals surface area (Å²) in [4.78, 5) is 39.6. The van der Waals surface area contributed by atoms with Gasteiger partial charge in [0.25, 0.3) is 11.8 Å². The quantitative estimate of drug-likeness (QED) is 0.165. The van der Waals surface area contributed by atoms with Gasteiger partial charge in [-0.25, -0.2) is 0 Å². The Morgan fingerprint density at radius 3 is 2.52 bits per heavy atom. The summed E-state index contributed by atoms with van der Waals surface area (Å²) in [5.41, 5.74) is 4.63. The van der Waals surface area contributed by atoms with Gasteiger partial charge in [-0.3, -0.25) is 15.0 Å². The summed E-state index contributed by atoms with van der Waals surface area (Å²) in [6, 6.07) is 9.49. The predicted octanol–water partition coefficient (Wildman–Crippen LogP) is 4.93. The fraction of sp³-hybridized carbons (Fsp3) is 0.379. The Balaban J connectivity index is 1.12. The minimum Gasteiger partial charge on any atom is -0.484 e. The molecule has 3 aliphatic rings. The molecule has 0 atom stereocenters. The topological polar surface area (TPSA) is 143 Å². The monoisotopic (exact) mass is 652 g/mol. The van der Waals surface area contributed by atoms with E-state index in [-0.39, 0.29) is 42.4 Å². The molecule has 1 aliphatic carbocycles. The molecule has 0 spiro atoms. The number of hydrogen-bond acceptors (Lipinski definition) is 13. The van der Waals surface area contributed by atoms with Crippen molar-refractivity contribution in [1.29, 1.82) is 0 Å². The van der Waals surface area contributed by atoms with E-state index in [2.05, 4.69) is 36.3 Å². The van der Waals surface area contributed by atoms with E-state index in [0.29, 0.717) is 39.8 Å². The summed E-state index contributed by atoms with van der Waals surface area (Å²) in [6.45, 7) is 1.25. The van der Waals surface area contributed by atoms with Crippen molar-refractivity contribution in [2.24, 2.45) is 0 Å². The lowest BCUT2D eigenvalue weighted by atomic mass is 10.1. The van der Waals surface area contributed by atoms with Gasteiger partial charge in [0, 0.05) is 31.0 Å². The van der Waals surface area contributed by atoms with Crippen LogP contribution in [-0.4, -0.2) is 68.0 Å². The first kappa shape index (κ1) is 30.2. The first-order valence-corrected chi connectivity index (χ1v) is 16.6. The zero-order chi connectivity index (χ0) is 30.3. The summed E-state index contributed by atoms with van der Waals surface area (Å²) in [6.07, 6.45) is 7.81. The van der Waals surface area contributed by atoms with Crippen molar-refractivity contribution in [1.82, 2.24) is 25.3 Å². The molecule has 6 rings (SSSR count). The summed E-state index contributed by atoms with van der Waals surface area (Å²) in [5.74, 6) is 0.979. The summed E-state index contributed by atoms with van der Waals surface area (Å²) in [7, 11) is 0. The smallest absolute Gasteiger partial charge is 0.285 e. The van der Waals surface area contributed by atoms with Gasteiger partial charge in [-0.05, 0) is 90.6 Å². The minimum absolute atomic E-state index is 0.0671. The van der Waals surface area contributed by atoms with Crippen molar-refractivity contribution in [3.63, 3.8) is 0 Å². The van der Waals surface area contributed by atoms with Crippen LogP contribution in [0.2, 0.25) is 0 Å². The number of hydrazine groups is 1. The number of ether oxygens (including phenoxy) is 2. The number of carbonyl (C=O) groups excluding carboxylic acids is 2. The lowest BCUT2D eigenvalue weighted by Crippen LogP contribution is -2.41. The molecular formula is C29H32N8O4S3. The number of carbonyl (C=O) groups is 2. The number of benzene rings is 1. The number of amides is 2. The van der Waals surface area contributed by atoms with Gasteiger partial charge in [0.2, 0.25) is 17.8 Å². The lowest BCUT2D eigenvalue weighted by molar-refractivity contribution is -0.124. The summed E-state index contributed by atoms with van der Waals surface area (Å²) >= 11 is 8.27. The number of hydrogen-bond donors (Lipinski definition) is 4. The fourth-order valence-corrected chi connectivity index (χ4v) is 6.79. The SMILES string of the molecule is O=C(COc1ccc(Nc2nc(NC3CCCC3)nc(NN3C(=O)/C(=C/c4ccsc4)SC3=S)n2)cc1)NC1CCOCC1. The maximum absolute atomic E-state index is 13.2. The molecule has 4 N–H and O–H groups in total.